The number of hydrogen-bond donors (Lipinski definition) is 1. The third kappa shape index (κ3) is 3.76. The molecule has 6 heteroatoms. The fraction of sp³-hybridized carbons (Fsp3) is 0.385. The average molecular weight is 330 g/mol. The topological polar surface area (TPSA) is 55.4 Å². The van der Waals surface area contributed by atoms with Crippen LogP contribution in [-0.2, 0) is 9.53 Å². The van der Waals surface area contributed by atoms with E-state index in [9.17, 15) is 14.0 Å². The quantitative estimate of drug-likeness (QED) is 0.863. The molecule has 1 atom stereocenters. The van der Waals surface area contributed by atoms with Gasteiger partial charge in [0.25, 0.3) is 5.91 Å². The van der Waals surface area contributed by atoms with Crippen molar-refractivity contribution in [2.24, 2.45) is 0 Å². The smallest absolute Gasteiger partial charge is 0.340 e. The Morgan fingerprint density at radius 1 is 1.47 bits per heavy atom. The molecule has 102 valence electrons. The van der Waals surface area contributed by atoms with Gasteiger partial charge in [0.1, 0.15) is 5.82 Å². The van der Waals surface area contributed by atoms with E-state index in [1.54, 1.807) is 0 Å². The van der Waals surface area contributed by atoms with Gasteiger partial charge in [0.2, 0.25) is 0 Å². The molecule has 2 rings (SSSR count). The van der Waals surface area contributed by atoms with E-state index in [1.165, 1.54) is 19.1 Å². The van der Waals surface area contributed by atoms with Crippen LogP contribution in [0.25, 0.3) is 0 Å². The van der Waals surface area contributed by atoms with E-state index in [1.807, 2.05) is 0 Å². The Morgan fingerprint density at radius 2 is 2.16 bits per heavy atom. The molecular formula is C13H13BrFNO3. The minimum Gasteiger partial charge on any atom is -0.449 e. The van der Waals surface area contributed by atoms with Crippen molar-refractivity contribution in [3.8, 4) is 0 Å². The van der Waals surface area contributed by atoms with Crippen LogP contribution in [0, 0.1) is 5.82 Å². The summed E-state index contributed by atoms with van der Waals surface area (Å²) in [6.45, 7) is 1.49. The third-order valence-electron chi connectivity index (χ3n) is 2.73. The first-order valence-electron chi connectivity index (χ1n) is 5.94. The van der Waals surface area contributed by atoms with Crippen LogP contribution in [0.2, 0.25) is 0 Å². The normalized spacial score (nSPS) is 15.7. The lowest BCUT2D eigenvalue weighted by molar-refractivity contribution is -0.129. The van der Waals surface area contributed by atoms with Crippen molar-refractivity contribution in [2.75, 3.05) is 0 Å². The van der Waals surface area contributed by atoms with Gasteiger partial charge >= 0.3 is 5.97 Å². The van der Waals surface area contributed by atoms with E-state index in [0.29, 0.717) is 4.47 Å². The van der Waals surface area contributed by atoms with Gasteiger partial charge < -0.3 is 10.1 Å². The number of amides is 1. The summed E-state index contributed by atoms with van der Waals surface area (Å²) in [5.41, 5.74) is 0.0612. The summed E-state index contributed by atoms with van der Waals surface area (Å²) in [5.74, 6) is -1.60. The summed E-state index contributed by atoms with van der Waals surface area (Å²) in [4.78, 5) is 23.5. The molecule has 1 fully saturated rings. The number of esters is 1. The number of halogens is 2. The lowest BCUT2D eigenvalue weighted by Gasteiger charge is -2.13. The molecule has 0 aliphatic heterocycles. The second-order valence-corrected chi connectivity index (χ2v) is 5.31. The molecule has 0 unspecified atom stereocenters. The zero-order valence-electron chi connectivity index (χ0n) is 10.3. The highest BCUT2D eigenvalue weighted by Gasteiger charge is 2.27. The summed E-state index contributed by atoms with van der Waals surface area (Å²) >= 11 is 3.14. The maximum Gasteiger partial charge on any atom is 0.340 e. The summed E-state index contributed by atoms with van der Waals surface area (Å²) in [7, 11) is 0. The Bertz CT molecular complexity index is 517. The fourth-order valence-corrected chi connectivity index (χ4v) is 1.89. The fourth-order valence-electron chi connectivity index (χ4n) is 1.48. The van der Waals surface area contributed by atoms with Gasteiger partial charge in [-0.2, -0.15) is 0 Å². The van der Waals surface area contributed by atoms with Crippen molar-refractivity contribution in [3.05, 3.63) is 34.1 Å². The van der Waals surface area contributed by atoms with Crippen LogP contribution in [0.4, 0.5) is 4.39 Å². The number of benzene rings is 1. The molecule has 1 amide bonds. The van der Waals surface area contributed by atoms with Crippen LogP contribution >= 0.6 is 15.9 Å². The molecule has 0 heterocycles. The third-order valence-corrected chi connectivity index (χ3v) is 3.42. The van der Waals surface area contributed by atoms with E-state index >= 15 is 0 Å². The van der Waals surface area contributed by atoms with E-state index in [2.05, 4.69) is 21.2 Å². The Morgan fingerprint density at radius 3 is 2.79 bits per heavy atom. The second-order valence-electron chi connectivity index (χ2n) is 4.45. The van der Waals surface area contributed by atoms with Crippen molar-refractivity contribution in [3.63, 3.8) is 0 Å². The second kappa shape index (κ2) is 5.69. The van der Waals surface area contributed by atoms with Crippen LogP contribution < -0.4 is 5.32 Å². The zero-order chi connectivity index (χ0) is 14.0. The lowest BCUT2D eigenvalue weighted by Crippen LogP contribution is -2.37. The highest BCUT2D eigenvalue weighted by molar-refractivity contribution is 9.10. The molecule has 1 aromatic carbocycles. The maximum absolute atomic E-state index is 13.1. The molecular weight excluding hydrogens is 317 g/mol. The molecule has 1 aliphatic carbocycles. The predicted octanol–water partition coefficient (Wildman–Crippen LogP) is 2.41. The van der Waals surface area contributed by atoms with Crippen LogP contribution in [0.1, 0.15) is 30.1 Å². The lowest BCUT2D eigenvalue weighted by atomic mass is 10.2. The van der Waals surface area contributed by atoms with Crippen molar-refractivity contribution in [1.29, 1.82) is 0 Å². The van der Waals surface area contributed by atoms with Crippen LogP contribution in [0.5, 0.6) is 0 Å². The summed E-state index contributed by atoms with van der Waals surface area (Å²) in [6.07, 6.45) is 1.02. The van der Waals surface area contributed by atoms with Crippen molar-refractivity contribution < 1.29 is 18.7 Å². The minimum atomic E-state index is -0.900. The Labute approximate surface area is 118 Å². The molecule has 0 spiro atoms. The van der Waals surface area contributed by atoms with Gasteiger partial charge in [0, 0.05) is 10.5 Å². The monoisotopic (exact) mass is 329 g/mol. The molecule has 1 N–H and O–H groups in total. The standard InChI is InChI=1S/C13H13BrFNO3/c1-7(12(17)16-9-3-4-9)19-13(18)10-6-8(15)2-5-11(10)14/h2,5-7,9H,3-4H2,1H3,(H,16,17)/t7-/m1/s1. The van der Waals surface area contributed by atoms with Gasteiger partial charge in [-0.25, -0.2) is 9.18 Å². The van der Waals surface area contributed by atoms with Gasteiger partial charge in [-0.05, 0) is 53.9 Å². The Hall–Kier alpha value is -1.43. The Kier molecular flexibility index (Phi) is 4.19. The summed E-state index contributed by atoms with van der Waals surface area (Å²) < 4.78 is 18.5. The molecule has 0 aromatic heterocycles. The number of ether oxygens (including phenoxy) is 1. The molecule has 1 aromatic rings. The van der Waals surface area contributed by atoms with Gasteiger partial charge in [-0.15, -0.1) is 0 Å². The summed E-state index contributed by atoms with van der Waals surface area (Å²) in [6, 6.07) is 3.91. The first kappa shape index (κ1) is 14.0. The first-order chi connectivity index (χ1) is 8.97. The number of carbonyl (C=O) groups is 2. The van der Waals surface area contributed by atoms with Gasteiger partial charge in [-0.3, -0.25) is 4.79 Å². The first-order valence-corrected chi connectivity index (χ1v) is 6.73. The van der Waals surface area contributed by atoms with Gasteiger partial charge in [0.15, 0.2) is 6.10 Å². The van der Waals surface area contributed by atoms with Crippen LogP contribution in [-0.4, -0.2) is 24.0 Å². The van der Waals surface area contributed by atoms with Crippen molar-refractivity contribution >= 4 is 27.8 Å². The molecule has 1 saturated carbocycles. The van der Waals surface area contributed by atoms with Crippen LogP contribution in [0.3, 0.4) is 0 Å². The molecule has 1 aliphatic rings. The molecule has 4 nitrogen and oxygen atoms in total. The maximum atomic E-state index is 13.1. The number of rotatable bonds is 4. The minimum absolute atomic E-state index is 0.0612. The zero-order valence-corrected chi connectivity index (χ0v) is 11.9. The SMILES string of the molecule is C[C@@H](OC(=O)c1cc(F)ccc1Br)C(=O)NC1CC1. The van der Waals surface area contributed by atoms with Gasteiger partial charge in [0.05, 0.1) is 5.56 Å². The largest absolute Gasteiger partial charge is 0.449 e. The van der Waals surface area contributed by atoms with Crippen molar-refractivity contribution in [1.82, 2.24) is 5.32 Å². The molecule has 0 bridgehead atoms. The average Bonchev–Trinajstić information content (AvgIpc) is 3.15. The highest BCUT2D eigenvalue weighted by atomic mass is 79.9. The van der Waals surface area contributed by atoms with E-state index < -0.39 is 17.9 Å². The van der Waals surface area contributed by atoms with E-state index in [-0.39, 0.29) is 17.5 Å². The van der Waals surface area contributed by atoms with E-state index in [0.717, 1.165) is 18.9 Å². The molecule has 0 saturated heterocycles. The Balaban J connectivity index is 1.99. The molecule has 19 heavy (non-hydrogen) atoms. The number of hydrogen-bond acceptors (Lipinski definition) is 3. The summed E-state index contributed by atoms with van der Waals surface area (Å²) in [5, 5.41) is 2.73. The van der Waals surface area contributed by atoms with Crippen molar-refractivity contribution in [2.45, 2.75) is 31.9 Å². The highest BCUT2D eigenvalue weighted by Crippen LogP contribution is 2.20. The number of nitrogens with one attached hydrogen (secondary N) is 1. The number of carbonyl (C=O) groups excluding carboxylic acids is 2. The van der Waals surface area contributed by atoms with E-state index in [4.69, 9.17) is 4.74 Å². The molecule has 0 radical (unpaired) electrons. The predicted molar refractivity (Wildman–Crippen MR) is 70.1 cm³/mol. The van der Waals surface area contributed by atoms with Gasteiger partial charge in [-0.1, -0.05) is 0 Å². The van der Waals surface area contributed by atoms with Crippen LogP contribution in [0.15, 0.2) is 22.7 Å².